The molecule has 1 aromatic carbocycles. The molecule has 0 bridgehead atoms. The number of hydrogen-bond donors (Lipinski definition) is 3. The van der Waals surface area contributed by atoms with Crippen LogP contribution >= 0.6 is 0 Å². The number of amides is 2. The summed E-state index contributed by atoms with van der Waals surface area (Å²) in [6.45, 7) is 6.67. The van der Waals surface area contributed by atoms with Crippen molar-refractivity contribution in [2.45, 2.75) is 26.8 Å². The SMILES string of the molecule is CCNC(C)c1cccc(NC(=O)Nc2nnc(C)o2)c1. The first kappa shape index (κ1) is 15.0. The van der Waals surface area contributed by atoms with Crippen molar-refractivity contribution in [2.75, 3.05) is 17.2 Å². The van der Waals surface area contributed by atoms with Crippen molar-refractivity contribution in [1.29, 1.82) is 0 Å². The van der Waals surface area contributed by atoms with Gasteiger partial charge in [0.15, 0.2) is 0 Å². The molecule has 2 amide bonds. The van der Waals surface area contributed by atoms with E-state index in [0.717, 1.165) is 12.1 Å². The van der Waals surface area contributed by atoms with Crippen LogP contribution in [0.1, 0.15) is 31.3 Å². The summed E-state index contributed by atoms with van der Waals surface area (Å²) in [5.74, 6) is 0.395. The first-order valence-electron chi connectivity index (χ1n) is 6.80. The number of benzene rings is 1. The fraction of sp³-hybridized carbons (Fsp3) is 0.357. The first-order chi connectivity index (χ1) is 10.1. The third kappa shape index (κ3) is 4.28. The summed E-state index contributed by atoms with van der Waals surface area (Å²) in [6, 6.07) is 7.52. The van der Waals surface area contributed by atoms with E-state index >= 15 is 0 Å². The quantitative estimate of drug-likeness (QED) is 0.787. The zero-order chi connectivity index (χ0) is 15.2. The number of rotatable bonds is 5. The Morgan fingerprint density at radius 3 is 2.81 bits per heavy atom. The average Bonchev–Trinajstić information content (AvgIpc) is 2.84. The van der Waals surface area contributed by atoms with Gasteiger partial charge in [0.1, 0.15) is 0 Å². The number of anilines is 2. The van der Waals surface area contributed by atoms with E-state index in [-0.39, 0.29) is 12.1 Å². The van der Waals surface area contributed by atoms with E-state index in [1.165, 1.54) is 0 Å². The molecule has 1 unspecified atom stereocenters. The highest BCUT2D eigenvalue weighted by Gasteiger charge is 2.09. The molecule has 7 heteroatoms. The zero-order valence-electron chi connectivity index (χ0n) is 12.3. The molecule has 0 radical (unpaired) electrons. The Balaban J connectivity index is 1.99. The summed E-state index contributed by atoms with van der Waals surface area (Å²) in [7, 11) is 0. The summed E-state index contributed by atoms with van der Waals surface area (Å²) in [5, 5.41) is 15.9. The average molecular weight is 289 g/mol. The highest BCUT2D eigenvalue weighted by Crippen LogP contribution is 2.17. The van der Waals surface area contributed by atoms with Crippen LogP contribution in [-0.4, -0.2) is 22.8 Å². The van der Waals surface area contributed by atoms with Crippen LogP contribution < -0.4 is 16.0 Å². The molecule has 2 aromatic rings. The molecule has 2 rings (SSSR count). The van der Waals surface area contributed by atoms with Crippen LogP contribution in [0.25, 0.3) is 0 Å². The highest BCUT2D eigenvalue weighted by molar-refractivity contribution is 5.98. The lowest BCUT2D eigenvalue weighted by molar-refractivity contribution is 0.261. The van der Waals surface area contributed by atoms with Crippen LogP contribution in [0.15, 0.2) is 28.7 Å². The molecule has 112 valence electrons. The predicted molar refractivity (Wildman–Crippen MR) is 80.2 cm³/mol. The maximum Gasteiger partial charge on any atom is 0.327 e. The van der Waals surface area contributed by atoms with Gasteiger partial charge in [-0.25, -0.2) is 4.79 Å². The van der Waals surface area contributed by atoms with Gasteiger partial charge in [-0.1, -0.05) is 24.2 Å². The molecule has 0 aliphatic carbocycles. The Bertz CT molecular complexity index is 611. The standard InChI is InChI=1S/C14H19N5O2/c1-4-15-9(2)11-6-5-7-12(8-11)16-13(20)17-14-19-18-10(3)21-14/h5-9,15H,4H2,1-3H3,(H2,16,17,19,20). The Labute approximate surface area is 123 Å². The number of carbonyl (C=O) groups excluding carboxylic acids is 1. The van der Waals surface area contributed by atoms with Gasteiger partial charge in [0.25, 0.3) is 0 Å². The van der Waals surface area contributed by atoms with Crippen LogP contribution in [0, 0.1) is 6.92 Å². The molecule has 1 heterocycles. The smallest absolute Gasteiger partial charge is 0.327 e. The molecular weight excluding hydrogens is 270 g/mol. The van der Waals surface area contributed by atoms with Crippen LogP contribution in [0.3, 0.4) is 0 Å². The van der Waals surface area contributed by atoms with Gasteiger partial charge in [0, 0.05) is 18.7 Å². The second-order valence-electron chi connectivity index (χ2n) is 4.61. The summed E-state index contributed by atoms with van der Waals surface area (Å²) in [4.78, 5) is 11.8. The van der Waals surface area contributed by atoms with E-state index in [9.17, 15) is 4.79 Å². The summed E-state index contributed by atoms with van der Waals surface area (Å²) in [6.07, 6.45) is 0. The molecule has 0 fully saturated rings. The van der Waals surface area contributed by atoms with Gasteiger partial charge in [0.2, 0.25) is 5.89 Å². The third-order valence-corrected chi connectivity index (χ3v) is 2.90. The largest absolute Gasteiger partial charge is 0.408 e. The fourth-order valence-corrected chi connectivity index (χ4v) is 1.92. The minimum Gasteiger partial charge on any atom is -0.408 e. The molecular formula is C14H19N5O2. The van der Waals surface area contributed by atoms with E-state index < -0.39 is 6.03 Å². The normalized spacial score (nSPS) is 12.0. The monoisotopic (exact) mass is 289 g/mol. The van der Waals surface area contributed by atoms with E-state index in [0.29, 0.717) is 11.6 Å². The van der Waals surface area contributed by atoms with Crippen molar-refractivity contribution >= 4 is 17.7 Å². The van der Waals surface area contributed by atoms with Gasteiger partial charge >= 0.3 is 12.0 Å². The second-order valence-corrected chi connectivity index (χ2v) is 4.61. The van der Waals surface area contributed by atoms with Gasteiger partial charge in [-0.2, -0.15) is 0 Å². The Hall–Kier alpha value is -2.41. The van der Waals surface area contributed by atoms with E-state index in [4.69, 9.17) is 4.42 Å². The van der Waals surface area contributed by atoms with Gasteiger partial charge in [-0.3, -0.25) is 5.32 Å². The summed E-state index contributed by atoms with van der Waals surface area (Å²) >= 11 is 0. The molecule has 7 nitrogen and oxygen atoms in total. The molecule has 0 aliphatic rings. The van der Waals surface area contributed by atoms with Crippen LogP contribution in [0.2, 0.25) is 0 Å². The number of aryl methyl sites for hydroxylation is 1. The Morgan fingerprint density at radius 2 is 2.14 bits per heavy atom. The molecule has 21 heavy (non-hydrogen) atoms. The molecule has 0 saturated carbocycles. The first-order valence-corrected chi connectivity index (χ1v) is 6.80. The number of urea groups is 1. The molecule has 0 spiro atoms. The van der Waals surface area contributed by atoms with Gasteiger partial charge in [-0.05, 0) is 31.2 Å². The van der Waals surface area contributed by atoms with Gasteiger partial charge in [0.05, 0.1) is 0 Å². The number of carbonyl (C=O) groups is 1. The van der Waals surface area contributed by atoms with Gasteiger partial charge < -0.3 is 15.1 Å². The lowest BCUT2D eigenvalue weighted by Crippen LogP contribution is -2.20. The van der Waals surface area contributed by atoms with Crippen molar-refractivity contribution in [3.63, 3.8) is 0 Å². The zero-order valence-corrected chi connectivity index (χ0v) is 12.3. The molecule has 0 aliphatic heterocycles. The van der Waals surface area contributed by atoms with E-state index in [1.807, 2.05) is 24.3 Å². The summed E-state index contributed by atoms with van der Waals surface area (Å²) < 4.78 is 5.08. The van der Waals surface area contributed by atoms with Crippen molar-refractivity contribution < 1.29 is 9.21 Å². The topological polar surface area (TPSA) is 92.1 Å². The van der Waals surface area contributed by atoms with E-state index in [1.54, 1.807) is 6.92 Å². The van der Waals surface area contributed by atoms with E-state index in [2.05, 4.69) is 40.0 Å². The predicted octanol–water partition coefficient (Wildman–Crippen LogP) is 2.69. The number of hydrogen-bond acceptors (Lipinski definition) is 5. The third-order valence-electron chi connectivity index (χ3n) is 2.90. The lowest BCUT2D eigenvalue weighted by Gasteiger charge is -2.14. The fourth-order valence-electron chi connectivity index (χ4n) is 1.92. The molecule has 1 atom stereocenters. The van der Waals surface area contributed by atoms with Crippen molar-refractivity contribution in [3.05, 3.63) is 35.7 Å². The maximum absolute atomic E-state index is 11.8. The summed E-state index contributed by atoms with van der Waals surface area (Å²) in [5.41, 5.74) is 1.80. The van der Waals surface area contributed by atoms with Gasteiger partial charge in [-0.15, -0.1) is 5.10 Å². The van der Waals surface area contributed by atoms with Crippen molar-refractivity contribution in [1.82, 2.24) is 15.5 Å². The number of nitrogens with one attached hydrogen (secondary N) is 3. The van der Waals surface area contributed by atoms with Crippen LogP contribution in [0.5, 0.6) is 0 Å². The Kier molecular flexibility index (Phi) is 4.89. The number of nitrogens with zero attached hydrogens (tertiary/aromatic N) is 2. The van der Waals surface area contributed by atoms with Crippen LogP contribution in [-0.2, 0) is 0 Å². The van der Waals surface area contributed by atoms with Crippen LogP contribution in [0.4, 0.5) is 16.5 Å². The number of aromatic nitrogens is 2. The maximum atomic E-state index is 11.8. The second kappa shape index (κ2) is 6.85. The minimum atomic E-state index is -0.424. The lowest BCUT2D eigenvalue weighted by atomic mass is 10.1. The minimum absolute atomic E-state index is 0.0715. The highest BCUT2D eigenvalue weighted by atomic mass is 16.4. The van der Waals surface area contributed by atoms with Crippen molar-refractivity contribution in [2.24, 2.45) is 0 Å². The molecule has 0 saturated heterocycles. The molecule has 3 N–H and O–H groups in total. The Morgan fingerprint density at radius 1 is 1.33 bits per heavy atom. The molecule has 1 aromatic heterocycles. The van der Waals surface area contributed by atoms with Crippen molar-refractivity contribution in [3.8, 4) is 0 Å².